The molecule has 0 aliphatic heterocycles. The highest BCUT2D eigenvalue weighted by Crippen LogP contribution is 2.11. The predicted molar refractivity (Wildman–Crippen MR) is 89.5 cm³/mol. The molecule has 0 amide bonds. The van der Waals surface area contributed by atoms with Crippen molar-refractivity contribution in [2.75, 3.05) is 5.32 Å². The van der Waals surface area contributed by atoms with Gasteiger partial charge in [-0.1, -0.05) is 18.2 Å². The first-order chi connectivity index (χ1) is 11.2. The molecular weight excluding hydrogens is 315 g/mol. The van der Waals surface area contributed by atoms with Crippen LogP contribution in [0.4, 0.5) is 10.1 Å². The van der Waals surface area contributed by atoms with E-state index in [0.29, 0.717) is 23.8 Å². The van der Waals surface area contributed by atoms with Crippen LogP contribution in [-0.2, 0) is 13.1 Å². The van der Waals surface area contributed by atoms with Gasteiger partial charge in [-0.25, -0.2) is 4.39 Å². The fourth-order valence-corrected chi connectivity index (χ4v) is 2.26. The molecule has 0 aliphatic carbocycles. The van der Waals surface area contributed by atoms with Crippen LogP contribution >= 0.6 is 12.2 Å². The van der Waals surface area contributed by atoms with Crippen LogP contribution in [-0.4, -0.2) is 14.9 Å². The summed E-state index contributed by atoms with van der Waals surface area (Å²) in [6.07, 6.45) is 5.02. The summed E-state index contributed by atoms with van der Waals surface area (Å²) in [4.78, 5) is 0. The smallest absolute Gasteiger partial charge is 0.171 e. The molecule has 5 nitrogen and oxygen atoms in total. The third-order valence-corrected chi connectivity index (χ3v) is 3.43. The van der Waals surface area contributed by atoms with Crippen LogP contribution in [0.2, 0.25) is 0 Å². The van der Waals surface area contributed by atoms with E-state index in [0.717, 1.165) is 11.4 Å². The Bertz CT molecular complexity index is 785. The molecule has 1 aromatic carbocycles. The molecule has 0 atom stereocenters. The summed E-state index contributed by atoms with van der Waals surface area (Å²) in [5, 5.41) is 10.7. The Kier molecular flexibility index (Phi) is 4.68. The van der Waals surface area contributed by atoms with Crippen molar-refractivity contribution in [1.82, 2.24) is 15.1 Å². The van der Waals surface area contributed by atoms with Crippen LogP contribution < -0.4 is 10.6 Å². The lowest BCUT2D eigenvalue weighted by atomic mass is 10.2. The first-order valence-electron chi connectivity index (χ1n) is 7.04. The van der Waals surface area contributed by atoms with E-state index < -0.39 is 0 Å². The Morgan fingerprint density at radius 1 is 1.26 bits per heavy atom. The molecule has 0 aliphatic rings. The highest BCUT2D eigenvalue weighted by molar-refractivity contribution is 7.80. The van der Waals surface area contributed by atoms with Gasteiger partial charge in [-0.05, 0) is 30.4 Å². The number of anilines is 1. The summed E-state index contributed by atoms with van der Waals surface area (Å²) >= 11 is 5.21. The molecule has 0 unspecified atom stereocenters. The molecule has 0 spiro atoms. The summed E-state index contributed by atoms with van der Waals surface area (Å²) < 4.78 is 20.5. The number of halogens is 1. The van der Waals surface area contributed by atoms with E-state index in [1.807, 2.05) is 12.1 Å². The molecule has 7 heteroatoms. The maximum atomic E-state index is 13.6. The zero-order valence-corrected chi connectivity index (χ0v) is 13.0. The minimum Gasteiger partial charge on any atom is -0.467 e. The standard InChI is InChI=1S/C16H15FN4OS/c17-15-6-2-1-4-12(15)10-21-11-13(8-19-21)20-16(23)18-9-14-5-3-7-22-14/h1-8,11H,9-10H2,(H2,18,20,23). The second-order valence-corrected chi connectivity index (χ2v) is 5.31. The van der Waals surface area contributed by atoms with Gasteiger partial charge in [0.25, 0.3) is 0 Å². The number of furan rings is 1. The Morgan fingerprint density at radius 3 is 2.91 bits per heavy atom. The van der Waals surface area contributed by atoms with Gasteiger partial charge in [0.2, 0.25) is 0 Å². The van der Waals surface area contributed by atoms with E-state index in [1.54, 1.807) is 41.5 Å². The van der Waals surface area contributed by atoms with Crippen molar-refractivity contribution in [2.24, 2.45) is 0 Å². The summed E-state index contributed by atoms with van der Waals surface area (Å²) in [7, 11) is 0. The van der Waals surface area contributed by atoms with Crippen LogP contribution in [0.5, 0.6) is 0 Å². The molecule has 0 fully saturated rings. The molecule has 0 saturated heterocycles. The fraction of sp³-hybridized carbons (Fsp3) is 0.125. The number of aromatic nitrogens is 2. The lowest BCUT2D eigenvalue weighted by Gasteiger charge is -2.07. The first-order valence-corrected chi connectivity index (χ1v) is 7.44. The van der Waals surface area contributed by atoms with E-state index in [1.165, 1.54) is 6.07 Å². The van der Waals surface area contributed by atoms with Gasteiger partial charge in [0.15, 0.2) is 5.11 Å². The van der Waals surface area contributed by atoms with E-state index in [2.05, 4.69) is 15.7 Å². The number of rotatable bonds is 5. The number of nitrogens with zero attached hydrogens (tertiary/aromatic N) is 2. The Hall–Kier alpha value is -2.67. The minimum absolute atomic E-state index is 0.242. The van der Waals surface area contributed by atoms with Crippen LogP contribution in [0.1, 0.15) is 11.3 Å². The highest BCUT2D eigenvalue weighted by atomic mass is 32.1. The lowest BCUT2D eigenvalue weighted by molar-refractivity contribution is 0.503. The van der Waals surface area contributed by atoms with Crippen LogP contribution in [0, 0.1) is 5.82 Å². The SMILES string of the molecule is Fc1ccccc1Cn1cc(NC(=S)NCc2ccco2)cn1. The van der Waals surface area contributed by atoms with Gasteiger partial charge in [-0.3, -0.25) is 4.68 Å². The zero-order chi connectivity index (χ0) is 16.1. The highest BCUT2D eigenvalue weighted by Gasteiger charge is 2.05. The van der Waals surface area contributed by atoms with E-state index in [-0.39, 0.29) is 5.82 Å². The van der Waals surface area contributed by atoms with Gasteiger partial charge in [-0.15, -0.1) is 0 Å². The van der Waals surface area contributed by atoms with Crippen LogP contribution in [0.25, 0.3) is 0 Å². The van der Waals surface area contributed by atoms with Gasteiger partial charge >= 0.3 is 0 Å². The van der Waals surface area contributed by atoms with Crippen molar-refractivity contribution in [2.45, 2.75) is 13.1 Å². The number of nitrogens with one attached hydrogen (secondary N) is 2. The monoisotopic (exact) mass is 330 g/mol. The van der Waals surface area contributed by atoms with Gasteiger partial charge in [0.1, 0.15) is 11.6 Å². The summed E-state index contributed by atoms with van der Waals surface area (Å²) in [6, 6.07) is 10.3. The Labute approximate surface area is 138 Å². The normalized spacial score (nSPS) is 10.5. The molecule has 3 rings (SSSR count). The summed E-state index contributed by atoms with van der Waals surface area (Å²) in [6.45, 7) is 0.864. The number of hydrogen-bond acceptors (Lipinski definition) is 3. The zero-order valence-electron chi connectivity index (χ0n) is 12.2. The summed E-state index contributed by atoms with van der Waals surface area (Å²) in [5.41, 5.74) is 1.32. The van der Waals surface area contributed by atoms with Crippen molar-refractivity contribution in [3.8, 4) is 0 Å². The van der Waals surface area contributed by atoms with Gasteiger partial charge in [0, 0.05) is 11.8 Å². The van der Waals surface area contributed by atoms with E-state index in [4.69, 9.17) is 16.6 Å². The maximum Gasteiger partial charge on any atom is 0.171 e. The van der Waals surface area contributed by atoms with E-state index in [9.17, 15) is 4.39 Å². The van der Waals surface area contributed by atoms with Gasteiger partial charge in [-0.2, -0.15) is 5.10 Å². The van der Waals surface area contributed by atoms with Gasteiger partial charge in [0.05, 0.1) is 31.2 Å². The fourth-order valence-electron chi connectivity index (χ4n) is 2.07. The maximum absolute atomic E-state index is 13.6. The molecule has 0 bridgehead atoms. The quantitative estimate of drug-likeness (QED) is 0.704. The first kappa shape index (κ1) is 15.2. The topological polar surface area (TPSA) is 55.0 Å². The number of hydrogen-bond donors (Lipinski definition) is 2. The van der Waals surface area contributed by atoms with Crippen LogP contribution in [0.3, 0.4) is 0 Å². The second-order valence-electron chi connectivity index (χ2n) is 4.91. The average Bonchev–Trinajstić information content (AvgIpc) is 3.19. The minimum atomic E-state index is -0.242. The molecule has 2 N–H and O–H groups in total. The van der Waals surface area contributed by atoms with Crippen molar-refractivity contribution in [1.29, 1.82) is 0 Å². The molecular formula is C16H15FN4OS. The summed E-state index contributed by atoms with van der Waals surface area (Å²) in [5.74, 6) is 0.553. The molecule has 118 valence electrons. The van der Waals surface area contributed by atoms with E-state index >= 15 is 0 Å². The molecule has 23 heavy (non-hydrogen) atoms. The Morgan fingerprint density at radius 2 is 2.13 bits per heavy atom. The van der Waals surface area contributed by atoms with Crippen molar-refractivity contribution in [3.05, 3.63) is 72.2 Å². The van der Waals surface area contributed by atoms with Crippen molar-refractivity contribution < 1.29 is 8.81 Å². The van der Waals surface area contributed by atoms with Crippen LogP contribution in [0.15, 0.2) is 59.5 Å². The number of thiocarbonyl (C=S) groups is 1. The average molecular weight is 330 g/mol. The molecule has 0 saturated carbocycles. The third-order valence-electron chi connectivity index (χ3n) is 3.18. The lowest BCUT2D eigenvalue weighted by Crippen LogP contribution is -2.27. The second kappa shape index (κ2) is 7.06. The van der Waals surface area contributed by atoms with Crippen molar-refractivity contribution >= 4 is 23.0 Å². The number of benzene rings is 1. The molecule has 2 aromatic heterocycles. The molecule has 3 aromatic rings. The van der Waals surface area contributed by atoms with Crippen molar-refractivity contribution in [3.63, 3.8) is 0 Å². The third kappa shape index (κ3) is 4.17. The Balaban J connectivity index is 1.54. The largest absolute Gasteiger partial charge is 0.467 e. The predicted octanol–water partition coefficient (Wildman–Crippen LogP) is 3.15. The molecule has 0 radical (unpaired) electrons. The molecule has 2 heterocycles. The van der Waals surface area contributed by atoms with Gasteiger partial charge < -0.3 is 15.1 Å².